The number of carbonyl (C=O) groups is 1. The van der Waals surface area contributed by atoms with Crippen molar-refractivity contribution in [1.29, 1.82) is 0 Å². The minimum absolute atomic E-state index is 0.0393. The van der Waals surface area contributed by atoms with Crippen LogP contribution in [0.5, 0.6) is 0 Å². The van der Waals surface area contributed by atoms with Crippen LogP contribution in [0, 0.1) is 0 Å². The Hall–Kier alpha value is -0.340. The van der Waals surface area contributed by atoms with Crippen LogP contribution >= 0.6 is 7.37 Å². The number of rotatable bonds is 9. The lowest BCUT2D eigenvalue weighted by Gasteiger charge is -2.30. The molecule has 18 heavy (non-hydrogen) atoms. The van der Waals surface area contributed by atoms with Gasteiger partial charge in [-0.1, -0.05) is 47.0 Å². The Kier molecular flexibility index (Phi) is 7.81. The summed E-state index contributed by atoms with van der Waals surface area (Å²) in [4.78, 5) is 10.5. The Morgan fingerprint density at radius 2 is 1.83 bits per heavy atom. The molecule has 0 amide bonds. The Morgan fingerprint density at radius 3 is 2.28 bits per heavy atom. The van der Waals surface area contributed by atoms with E-state index in [1.807, 2.05) is 20.8 Å². The minimum atomic E-state index is -2.76. The van der Waals surface area contributed by atoms with Crippen molar-refractivity contribution >= 4 is 13.3 Å². The first-order valence-electron chi connectivity index (χ1n) is 6.68. The smallest absolute Gasteiger partial charge is 0.305 e. The topological polar surface area (TPSA) is 63.6 Å². The summed E-state index contributed by atoms with van der Waals surface area (Å²) in [6, 6.07) is 0. The standard InChI is InChI=1S/C13H27O4P/c1-5-6-7-8-11-18(16,13(2,3)4)17-10-9-12(14)15/h5-11H2,1-4H3,(H,14,15). The van der Waals surface area contributed by atoms with Crippen LogP contribution in [-0.2, 0) is 13.9 Å². The molecule has 1 atom stereocenters. The van der Waals surface area contributed by atoms with E-state index < -0.39 is 18.5 Å². The highest BCUT2D eigenvalue weighted by Crippen LogP contribution is 2.59. The molecule has 0 aromatic rings. The van der Waals surface area contributed by atoms with E-state index in [0.29, 0.717) is 6.16 Å². The van der Waals surface area contributed by atoms with E-state index in [0.717, 1.165) is 25.7 Å². The molecule has 1 N–H and O–H groups in total. The van der Waals surface area contributed by atoms with E-state index in [2.05, 4.69) is 6.92 Å². The molecular weight excluding hydrogens is 251 g/mol. The summed E-state index contributed by atoms with van der Waals surface area (Å²) in [7, 11) is -2.76. The van der Waals surface area contributed by atoms with Crippen LogP contribution in [0.4, 0.5) is 0 Å². The highest BCUT2D eigenvalue weighted by molar-refractivity contribution is 7.60. The third kappa shape index (κ3) is 6.55. The summed E-state index contributed by atoms with van der Waals surface area (Å²) in [6.07, 6.45) is 4.68. The Bertz CT molecular complexity index is 294. The molecule has 0 aromatic heterocycles. The van der Waals surface area contributed by atoms with Gasteiger partial charge in [0.2, 0.25) is 7.37 Å². The zero-order valence-corrected chi connectivity index (χ0v) is 13.0. The van der Waals surface area contributed by atoms with E-state index in [9.17, 15) is 9.36 Å². The summed E-state index contributed by atoms with van der Waals surface area (Å²) < 4.78 is 18.2. The third-order valence-electron chi connectivity index (χ3n) is 2.94. The van der Waals surface area contributed by atoms with Crippen LogP contribution in [0.3, 0.4) is 0 Å². The molecule has 0 aliphatic heterocycles. The molecule has 0 saturated heterocycles. The van der Waals surface area contributed by atoms with Crippen LogP contribution in [0.2, 0.25) is 0 Å². The zero-order valence-electron chi connectivity index (χ0n) is 12.1. The normalized spacial score (nSPS) is 15.3. The molecule has 108 valence electrons. The number of carboxylic acids is 1. The highest BCUT2D eigenvalue weighted by Gasteiger charge is 2.37. The van der Waals surface area contributed by atoms with Gasteiger partial charge in [0, 0.05) is 11.3 Å². The van der Waals surface area contributed by atoms with Gasteiger partial charge in [-0.3, -0.25) is 9.36 Å². The van der Waals surface area contributed by atoms with Crippen molar-refractivity contribution in [2.24, 2.45) is 0 Å². The van der Waals surface area contributed by atoms with Gasteiger partial charge in [-0.05, 0) is 6.42 Å². The number of carboxylic acid groups (broad SMARTS) is 1. The fourth-order valence-electron chi connectivity index (χ4n) is 1.62. The van der Waals surface area contributed by atoms with Gasteiger partial charge < -0.3 is 9.63 Å². The molecular formula is C13H27O4P. The van der Waals surface area contributed by atoms with Crippen molar-refractivity contribution < 1.29 is 19.0 Å². The summed E-state index contributed by atoms with van der Waals surface area (Å²) in [5.74, 6) is -0.915. The number of hydrogen-bond acceptors (Lipinski definition) is 3. The second-order valence-corrected chi connectivity index (χ2v) is 9.00. The molecule has 0 aliphatic rings. The fourth-order valence-corrected chi connectivity index (χ4v) is 3.83. The minimum Gasteiger partial charge on any atom is -0.481 e. The van der Waals surface area contributed by atoms with Crippen LogP contribution < -0.4 is 0 Å². The monoisotopic (exact) mass is 278 g/mol. The Balaban J connectivity index is 4.36. The van der Waals surface area contributed by atoms with Gasteiger partial charge in [0.15, 0.2) is 0 Å². The number of unbranched alkanes of at least 4 members (excludes halogenated alkanes) is 3. The maximum Gasteiger partial charge on any atom is 0.305 e. The van der Waals surface area contributed by atoms with Gasteiger partial charge in [0.25, 0.3) is 0 Å². The molecule has 0 rings (SSSR count). The Morgan fingerprint density at radius 1 is 1.22 bits per heavy atom. The van der Waals surface area contributed by atoms with Gasteiger partial charge in [0.05, 0.1) is 13.0 Å². The molecule has 0 fully saturated rings. The lowest BCUT2D eigenvalue weighted by molar-refractivity contribution is -0.137. The molecule has 0 heterocycles. The lowest BCUT2D eigenvalue weighted by atomic mass is 10.2. The van der Waals surface area contributed by atoms with Crippen LogP contribution in [0.1, 0.15) is 59.8 Å². The van der Waals surface area contributed by atoms with Gasteiger partial charge in [-0.25, -0.2) is 0 Å². The fraction of sp³-hybridized carbons (Fsp3) is 0.923. The van der Waals surface area contributed by atoms with E-state index in [1.165, 1.54) is 0 Å². The maximum absolute atomic E-state index is 12.8. The maximum atomic E-state index is 12.8. The summed E-state index contributed by atoms with van der Waals surface area (Å²) >= 11 is 0. The average Bonchev–Trinajstić information content (AvgIpc) is 2.22. The first-order valence-corrected chi connectivity index (χ1v) is 8.49. The Labute approximate surface area is 111 Å². The van der Waals surface area contributed by atoms with Crippen molar-refractivity contribution in [3.8, 4) is 0 Å². The van der Waals surface area contributed by atoms with Crippen molar-refractivity contribution in [3.05, 3.63) is 0 Å². The van der Waals surface area contributed by atoms with Crippen molar-refractivity contribution in [1.82, 2.24) is 0 Å². The summed E-state index contributed by atoms with van der Waals surface area (Å²) in [5.41, 5.74) is 0. The van der Waals surface area contributed by atoms with Crippen molar-refractivity contribution in [2.45, 2.75) is 65.0 Å². The molecule has 4 nitrogen and oxygen atoms in total. The van der Waals surface area contributed by atoms with Gasteiger partial charge >= 0.3 is 5.97 Å². The van der Waals surface area contributed by atoms with Gasteiger partial charge in [-0.15, -0.1) is 0 Å². The van der Waals surface area contributed by atoms with Gasteiger partial charge in [0.1, 0.15) is 0 Å². The number of aliphatic carboxylic acids is 1. The second kappa shape index (κ2) is 7.96. The molecule has 0 saturated carbocycles. The SMILES string of the molecule is CCCCCCP(=O)(OCCC(=O)O)C(C)(C)C. The average molecular weight is 278 g/mol. The quantitative estimate of drug-likeness (QED) is 0.508. The first kappa shape index (κ1) is 17.7. The van der Waals surface area contributed by atoms with Gasteiger partial charge in [-0.2, -0.15) is 0 Å². The van der Waals surface area contributed by atoms with E-state index in [4.69, 9.17) is 9.63 Å². The third-order valence-corrected chi connectivity index (χ3v) is 6.49. The largest absolute Gasteiger partial charge is 0.481 e. The lowest BCUT2D eigenvalue weighted by Crippen LogP contribution is -2.20. The molecule has 1 unspecified atom stereocenters. The second-order valence-electron chi connectivity index (χ2n) is 5.61. The predicted molar refractivity (Wildman–Crippen MR) is 74.6 cm³/mol. The molecule has 0 bridgehead atoms. The number of hydrogen-bond donors (Lipinski definition) is 1. The molecule has 0 spiro atoms. The predicted octanol–water partition coefficient (Wildman–Crippen LogP) is 4.13. The molecule has 0 aliphatic carbocycles. The van der Waals surface area contributed by atoms with Crippen molar-refractivity contribution in [3.63, 3.8) is 0 Å². The van der Waals surface area contributed by atoms with E-state index in [1.54, 1.807) is 0 Å². The van der Waals surface area contributed by atoms with E-state index in [-0.39, 0.29) is 13.0 Å². The zero-order chi connectivity index (χ0) is 14.2. The van der Waals surface area contributed by atoms with Crippen LogP contribution in [-0.4, -0.2) is 29.0 Å². The molecule has 0 radical (unpaired) electrons. The molecule has 0 aromatic carbocycles. The van der Waals surface area contributed by atoms with E-state index >= 15 is 0 Å². The summed E-state index contributed by atoms with van der Waals surface area (Å²) in [5, 5.41) is 8.17. The van der Waals surface area contributed by atoms with Crippen molar-refractivity contribution in [2.75, 3.05) is 12.8 Å². The molecule has 5 heteroatoms. The van der Waals surface area contributed by atoms with Crippen LogP contribution in [0.25, 0.3) is 0 Å². The van der Waals surface area contributed by atoms with Crippen LogP contribution in [0.15, 0.2) is 0 Å². The highest BCUT2D eigenvalue weighted by atomic mass is 31.2. The first-order chi connectivity index (χ1) is 8.23. The summed E-state index contributed by atoms with van der Waals surface area (Å²) in [6.45, 7) is 7.86.